The predicted molar refractivity (Wildman–Crippen MR) is 78.0 cm³/mol. The molecule has 0 spiro atoms. The van der Waals surface area contributed by atoms with Crippen LogP contribution in [0.25, 0.3) is 0 Å². The van der Waals surface area contributed by atoms with E-state index in [4.69, 9.17) is 9.26 Å². The number of aromatic nitrogens is 1. The minimum Gasteiger partial charge on any atom is -0.450 e. The number of ether oxygens (including phenoxy) is 1. The number of aryl methyl sites for hydroxylation is 2. The fraction of sp³-hybridized carbons (Fsp3) is 0.214. The Hall–Kier alpha value is -3.23. The van der Waals surface area contributed by atoms with Crippen LogP contribution in [0.15, 0.2) is 28.8 Å². The van der Waals surface area contributed by atoms with E-state index in [1.165, 1.54) is 18.2 Å². The number of nitro benzene ring substituents is 1. The minimum atomic E-state index is -0.847. The Balaban J connectivity index is 2.00. The first-order valence-corrected chi connectivity index (χ1v) is 6.53. The monoisotopic (exact) mass is 319 g/mol. The third kappa shape index (κ3) is 3.90. The quantitative estimate of drug-likeness (QED) is 0.507. The van der Waals surface area contributed by atoms with Crippen molar-refractivity contribution in [3.8, 4) is 0 Å². The maximum Gasteiger partial charge on any atom is 0.377 e. The predicted octanol–water partition coefficient (Wildman–Crippen LogP) is 2.00. The van der Waals surface area contributed by atoms with Crippen LogP contribution in [-0.4, -0.2) is 28.6 Å². The molecule has 2 rings (SSSR count). The van der Waals surface area contributed by atoms with Gasteiger partial charge < -0.3 is 14.6 Å². The van der Waals surface area contributed by atoms with E-state index in [1.807, 2.05) is 0 Å². The SMILES string of the molecule is Cc1cc(C(=O)OCC(=O)Nc2c(C)cccc2[N+](=O)[O-])on1. The van der Waals surface area contributed by atoms with Crippen LogP contribution in [0.1, 0.15) is 21.8 Å². The maximum atomic E-state index is 11.8. The summed E-state index contributed by atoms with van der Waals surface area (Å²) in [7, 11) is 0. The highest BCUT2D eigenvalue weighted by Crippen LogP contribution is 2.27. The highest BCUT2D eigenvalue weighted by Gasteiger charge is 2.19. The van der Waals surface area contributed by atoms with Crippen molar-refractivity contribution in [1.29, 1.82) is 0 Å². The molecule has 0 saturated carbocycles. The Bertz CT molecular complexity index is 768. The molecule has 0 fully saturated rings. The molecule has 23 heavy (non-hydrogen) atoms. The fourth-order valence-corrected chi connectivity index (χ4v) is 1.80. The number of benzene rings is 1. The number of rotatable bonds is 5. The molecule has 0 aliphatic rings. The molecule has 1 N–H and O–H groups in total. The first-order valence-electron chi connectivity index (χ1n) is 6.53. The van der Waals surface area contributed by atoms with Gasteiger partial charge in [-0.1, -0.05) is 17.3 Å². The van der Waals surface area contributed by atoms with Crippen molar-refractivity contribution in [3.63, 3.8) is 0 Å². The zero-order valence-electron chi connectivity index (χ0n) is 12.4. The number of nitro groups is 1. The Morgan fingerprint density at radius 2 is 2.13 bits per heavy atom. The third-order valence-corrected chi connectivity index (χ3v) is 2.88. The van der Waals surface area contributed by atoms with E-state index in [2.05, 4.69) is 10.5 Å². The summed E-state index contributed by atoms with van der Waals surface area (Å²) < 4.78 is 9.46. The maximum absolute atomic E-state index is 11.8. The Labute approximate surface area is 130 Å². The van der Waals surface area contributed by atoms with Gasteiger partial charge >= 0.3 is 5.97 Å². The second-order valence-electron chi connectivity index (χ2n) is 4.68. The summed E-state index contributed by atoms with van der Waals surface area (Å²) in [6.45, 7) is 2.64. The van der Waals surface area contributed by atoms with Gasteiger partial charge in [-0.2, -0.15) is 0 Å². The number of para-hydroxylation sites is 1. The number of hydrogen-bond donors (Lipinski definition) is 1. The fourth-order valence-electron chi connectivity index (χ4n) is 1.80. The summed E-state index contributed by atoms with van der Waals surface area (Å²) in [6.07, 6.45) is 0. The molecule has 0 aliphatic carbocycles. The van der Waals surface area contributed by atoms with Gasteiger partial charge in [-0.25, -0.2) is 4.79 Å². The topological polar surface area (TPSA) is 125 Å². The molecule has 1 aromatic carbocycles. The van der Waals surface area contributed by atoms with E-state index in [1.54, 1.807) is 19.9 Å². The van der Waals surface area contributed by atoms with Crippen molar-refractivity contribution in [1.82, 2.24) is 5.16 Å². The standard InChI is InChI=1S/C14H13N3O6/c1-8-4-3-5-10(17(20)21)13(8)15-12(18)7-22-14(19)11-6-9(2)16-23-11/h3-6H,7H2,1-2H3,(H,15,18). The van der Waals surface area contributed by atoms with Crippen molar-refractivity contribution in [2.24, 2.45) is 0 Å². The van der Waals surface area contributed by atoms with Crippen molar-refractivity contribution in [2.45, 2.75) is 13.8 Å². The molecule has 9 heteroatoms. The lowest BCUT2D eigenvalue weighted by Crippen LogP contribution is -2.21. The van der Waals surface area contributed by atoms with Crippen LogP contribution < -0.4 is 5.32 Å². The Morgan fingerprint density at radius 1 is 1.39 bits per heavy atom. The zero-order chi connectivity index (χ0) is 17.0. The first kappa shape index (κ1) is 16.1. The van der Waals surface area contributed by atoms with Crippen molar-refractivity contribution >= 4 is 23.3 Å². The van der Waals surface area contributed by atoms with E-state index in [0.717, 1.165) is 0 Å². The van der Waals surface area contributed by atoms with E-state index < -0.39 is 23.4 Å². The average molecular weight is 319 g/mol. The molecule has 1 heterocycles. The van der Waals surface area contributed by atoms with Crippen LogP contribution in [0, 0.1) is 24.0 Å². The van der Waals surface area contributed by atoms with Crippen LogP contribution in [-0.2, 0) is 9.53 Å². The summed E-state index contributed by atoms with van der Waals surface area (Å²) in [4.78, 5) is 33.8. The smallest absolute Gasteiger partial charge is 0.377 e. The summed E-state index contributed by atoms with van der Waals surface area (Å²) in [5, 5.41) is 16.9. The molecule has 0 saturated heterocycles. The zero-order valence-corrected chi connectivity index (χ0v) is 12.4. The molecule has 0 unspecified atom stereocenters. The summed E-state index contributed by atoms with van der Waals surface area (Å²) in [5.74, 6) is -1.68. The third-order valence-electron chi connectivity index (χ3n) is 2.88. The number of nitrogens with one attached hydrogen (secondary N) is 1. The molecule has 9 nitrogen and oxygen atoms in total. The molecule has 2 aromatic rings. The van der Waals surface area contributed by atoms with Crippen molar-refractivity contribution in [3.05, 3.63) is 51.4 Å². The summed E-state index contributed by atoms with van der Waals surface area (Å²) >= 11 is 0. The molecule has 0 aliphatic heterocycles. The van der Waals surface area contributed by atoms with Gasteiger partial charge in [0.1, 0.15) is 5.69 Å². The average Bonchev–Trinajstić information content (AvgIpc) is 2.93. The number of hydrogen-bond acceptors (Lipinski definition) is 7. The van der Waals surface area contributed by atoms with E-state index in [9.17, 15) is 19.7 Å². The largest absolute Gasteiger partial charge is 0.450 e. The summed E-state index contributed by atoms with van der Waals surface area (Å²) in [5.41, 5.74) is 0.839. The van der Waals surface area contributed by atoms with Gasteiger partial charge in [-0.3, -0.25) is 14.9 Å². The molecule has 0 radical (unpaired) electrons. The lowest BCUT2D eigenvalue weighted by molar-refractivity contribution is -0.384. The lowest BCUT2D eigenvalue weighted by atomic mass is 10.1. The molecule has 1 amide bonds. The minimum absolute atomic E-state index is 0.0639. The molecular formula is C14H13N3O6. The van der Waals surface area contributed by atoms with E-state index in [0.29, 0.717) is 11.3 Å². The molecule has 1 aromatic heterocycles. The second-order valence-corrected chi connectivity index (χ2v) is 4.68. The summed E-state index contributed by atoms with van der Waals surface area (Å²) in [6, 6.07) is 5.76. The van der Waals surface area contributed by atoms with Gasteiger partial charge in [-0.15, -0.1) is 0 Å². The molecule has 120 valence electrons. The van der Waals surface area contributed by atoms with Gasteiger partial charge in [-0.05, 0) is 19.4 Å². The van der Waals surface area contributed by atoms with Crippen LogP contribution in [0.4, 0.5) is 11.4 Å². The number of carbonyl (C=O) groups excluding carboxylic acids is 2. The molecular weight excluding hydrogens is 306 g/mol. The first-order chi connectivity index (χ1) is 10.9. The number of amides is 1. The normalized spacial score (nSPS) is 10.2. The Kier molecular flexibility index (Phi) is 4.69. The van der Waals surface area contributed by atoms with Crippen LogP contribution in [0.5, 0.6) is 0 Å². The van der Waals surface area contributed by atoms with Gasteiger partial charge in [0, 0.05) is 12.1 Å². The Morgan fingerprint density at radius 3 is 2.74 bits per heavy atom. The second kappa shape index (κ2) is 6.69. The van der Waals surface area contributed by atoms with Crippen molar-refractivity contribution in [2.75, 3.05) is 11.9 Å². The molecule has 0 atom stereocenters. The van der Waals surface area contributed by atoms with E-state index in [-0.39, 0.29) is 17.1 Å². The van der Waals surface area contributed by atoms with Gasteiger partial charge in [0.15, 0.2) is 6.61 Å². The van der Waals surface area contributed by atoms with Crippen LogP contribution >= 0.6 is 0 Å². The van der Waals surface area contributed by atoms with Crippen LogP contribution in [0.2, 0.25) is 0 Å². The highest BCUT2D eigenvalue weighted by molar-refractivity contribution is 5.96. The van der Waals surface area contributed by atoms with Crippen molar-refractivity contribution < 1.29 is 23.8 Å². The lowest BCUT2D eigenvalue weighted by Gasteiger charge is -2.08. The number of nitrogens with zero attached hydrogens (tertiary/aromatic N) is 2. The number of carbonyl (C=O) groups is 2. The van der Waals surface area contributed by atoms with Gasteiger partial charge in [0.05, 0.1) is 10.6 Å². The van der Waals surface area contributed by atoms with E-state index >= 15 is 0 Å². The molecule has 0 bridgehead atoms. The van der Waals surface area contributed by atoms with Crippen LogP contribution in [0.3, 0.4) is 0 Å². The number of esters is 1. The highest BCUT2D eigenvalue weighted by atomic mass is 16.6. The van der Waals surface area contributed by atoms with Gasteiger partial charge in [0.2, 0.25) is 5.76 Å². The van der Waals surface area contributed by atoms with Gasteiger partial charge in [0.25, 0.3) is 11.6 Å². The number of anilines is 1.